The lowest BCUT2D eigenvalue weighted by Gasteiger charge is -2.18. The van der Waals surface area contributed by atoms with Crippen molar-refractivity contribution in [2.24, 2.45) is 5.73 Å². The third kappa shape index (κ3) is 3.59. The zero-order chi connectivity index (χ0) is 12.0. The van der Waals surface area contributed by atoms with E-state index >= 15 is 0 Å². The molecule has 0 aromatic heterocycles. The number of hydrogen-bond acceptors (Lipinski definition) is 3. The molecule has 1 aromatic carbocycles. The van der Waals surface area contributed by atoms with E-state index in [1.807, 2.05) is 12.1 Å². The van der Waals surface area contributed by atoms with Crippen LogP contribution in [-0.2, 0) is 6.54 Å². The fourth-order valence-corrected chi connectivity index (χ4v) is 1.69. The summed E-state index contributed by atoms with van der Waals surface area (Å²) in [5.41, 5.74) is 7.58. The third-order valence-electron chi connectivity index (χ3n) is 2.89. The van der Waals surface area contributed by atoms with E-state index in [-0.39, 0.29) is 6.54 Å². The second-order valence-electron chi connectivity index (χ2n) is 3.95. The van der Waals surface area contributed by atoms with Crippen LogP contribution in [0.3, 0.4) is 0 Å². The van der Waals surface area contributed by atoms with Crippen LogP contribution in [0.25, 0.3) is 0 Å². The fourth-order valence-electron chi connectivity index (χ4n) is 1.69. The molecule has 1 aromatic rings. The van der Waals surface area contributed by atoms with Gasteiger partial charge in [-0.15, -0.1) is 0 Å². The van der Waals surface area contributed by atoms with Crippen molar-refractivity contribution in [3.05, 3.63) is 35.4 Å². The summed E-state index contributed by atoms with van der Waals surface area (Å²) < 4.78 is 0. The second-order valence-corrected chi connectivity index (χ2v) is 3.95. The van der Waals surface area contributed by atoms with Gasteiger partial charge in [-0.3, -0.25) is 4.90 Å². The smallest absolute Gasteiger partial charge is 0.0912 e. The van der Waals surface area contributed by atoms with Crippen molar-refractivity contribution in [1.82, 2.24) is 4.90 Å². The molecule has 0 amide bonds. The SMILES string of the molecule is CCN(CC)Cc1ccc(C(O)CN)cc1. The first-order valence-electron chi connectivity index (χ1n) is 5.90. The van der Waals surface area contributed by atoms with Gasteiger partial charge in [0.25, 0.3) is 0 Å². The van der Waals surface area contributed by atoms with E-state index in [1.54, 1.807) is 0 Å². The van der Waals surface area contributed by atoms with Gasteiger partial charge in [0, 0.05) is 13.1 Å². The molecule has 0 saturated heterocycles. The molecule has 0 spiro atoms. The molecule has 0 aliphatic rings. The van der Waals surface area contributed by atoms with Crippen LogP contribution in [0.15, 0.2) is 24.3 Å². The Morgan fingerprint density at radius 1 is 1.19 bits per heavy atom. The van der Waals surface area contributed by atoms with Gasteiger partial charge in [-0.05, 0) is 24.2 Å². The van der Waals surface area contributed by atoms with Crippen molar-refractivity contribution in [3.63, 3.8) is 0 Å². The number of hydrogen-bond donors (Lipinski definition) is 2. The minimum atomic E-state index is -0.539. The van der Waals surface area contributed by atoms with Gasteiger partial charge in [0.15, 0.2) is 0 Å². The zero-order valence-corrected chi connectivity index (χ0v) is 10.2. The van der Waals surface area contributed by atoms with E-state index in [0.29, 0.717) is 0 Å². The molecule has 1 atom stereocenters. The van der Waals surface area contributed by atoms with Crippen molar-refractivity contribution in [1.29, 1.82) is 0 Å². The summed E-state index contributed by atoms with van der Waals surface area (Å²) in [5, 5.41) is 9.56. The van der Waals surface area contributed by atoms with Gasteiger partial charge in [0.1, 0.15) is 0 Å². The lowest BCUT2D eigenvalue weighted by molar-refractivity contribution is 0.186. The molecule has 0 aliphatic carbocycles. The van der Waals surface area contributed by atoms with E-state index in [0.717, 1.165) is 25.2 Å². The minimum Gasteiger partial charge on any atom is -0.387 e. The van der Waals surface area contributed by atoms with E-state index in [9.17, 15) is 5.11 Å². The molecule has 0 bridgehead atoms. The summed E-state index contributed by atoms with van der Waals surface area (Å²) in [5.74, 6) is 0. The Bertz CT molecular complexity index is 293. The normalized spacial score (nSPS) is 13.1. The van der Waals surface area contributed by atoms with Crippen molar-refractivity contribution in [2.45, 2.75) is 26.5 Å². The van der Waals surface area contributed by atoms with Crippen molar-refractivity contribution < 1.29 is 5.11 Å². The molecule has 0 saturated carbocycles. The molecular formula is C13H22N2O. The van der Waals surface area contributed by atoms with Gasteiger partial charge < -0.3 is 10.8 Å². The number of nitrogens with zero attached hydrogens (tertiary/aromatic N) is 1. The Morgan fingerprint density at radius 2 is 1.75 bits per heavy atom. The van der Waals surface area contributed by atoms with Gasteiger partial charge >= 0.3 is 0 Å². The molecule has 3 heteroatoms. The lowest BCUT2D eigenvalue weighted by Crippen LogP contribution is -2.22. The van der Waals surface area contributed by atoms with E-state index in [1.165, 1.54) is 5.56 Å². The molecule has 16 heavy (non-hydrogen) atoms. The molecule has 0 aliphatic heterocycles. The second kappa shape index (κ2) is 6.63. The minimum absolute atomic E-state index is 0.273. The molecule has 90 valence electrons. The third-order valence-corrected chi connectivity index (χ3v) is 2.89. The van der Waals surface area contributed by atoms with Crippen molar-refractivity contribution in [2.75, 3.05) is 19.6 Å². The Balaban J connectivity index is 2.64. The summed E-state index contributed by atoms with van der Waals surface area (Å²) in [6.45, 7) is 7.68. The van der Waals surface area contributed by atoms with Crippen LogP contribution in [0.4, 0.5) is 0 Å². The summed E-state index contributed by atoms with van der Waals surface area (Å²) in [6, 6.07) is 8.03. The molecule has 1 unspecified atom stereocenters. The summed E-state index contributed by atoms with van der Waals surface area (Å²) >= 11 is 0. The highest BCUT2D eigenvalue weighted by Gasteiger charge is 2.05. The lowest BCUT2D eigenvalue weighted by atomic mass is 10.1. The van der Waals surface area contributed by atoms with Gasteiger partial charge in [-0.25, -0.2) is 0 Å². The van der Waals surface area contributed by atoms with Crippen LogP contribution < -0.4 is 5.73 Å². The maximum atomic E-state index is 9.56. The fraction of sp³-hybridized carbons (Fsp3) is 0.538. The van der Waals surface area contributed by atoms with Crippen LogP contribution in [0.1, 0.15) is 31.1 Å². The molecule has 0 heterocycles. The van der Waals surface area contributed by atoms with Gasteiger partial charge in [0.2, 0.25) is 0 Å². The first kappa shape index (κ1) is 13.2. The van der Waals surface area contributed by atoms with Gasteiger partial charge in [-0.1, -0.05) is 38.1 Å². The van der Waals surface area contributed by atoms with Gasteiger partial charge in [-0.2, -0.15) is 0 Å². The largest absolute Gasteiger partial charge is 0.387 e. The Morgan fingerprint density at radius 3 is 2.19 bits per heavy atom. The van der Waals surface area contributed by atoms with Gasteiger partial charge in [0.05, 0.1) is 6.10 Å². The molecular weight excluding hydrogens is 200 g/mol. The quantitative estimate of drug-likeness (QED) is 0.767. The average Bonchev–Trinajstić information content (AvgIpc) is 2.35. The molecule has 1 rings (SSSR count). The number of aliphatic hydroxyl groups is 1. The Labute approximate surface area is 97.9 Å². The van der Waals surface area contributed by atoms with Crippen LogP contribution in [0.5, 0.6) is 0 Å². The van der Waals surface area contributed by atoms with E-state index in [4.69, 9.17) is 5.73 Å². The Kier molecular flexibility index (Phi) is 5.46. The summed E-state index contributed by atoms with van der Waals surface area (Å²) in [4.78, 5) is 2.36. The monoisotopic (exact) mass is 222 g/mol. The van der Waals surface area contributed by atoms with Crippen molar-refractivity contribution in [3.8, 4) is 0 Å². The number of aliphatic hydroxyl groups excluding tert-OH is 1. The average molecular weight is 222 g/mol. The van der Waals surface area contributed by atoms with Crippen LogP contribution in [0, 0.1) is 0 Å². The van der Waals surface area contributed by atoms with Crippen LogP contribution in [-0.4, -0.2) is 29.6 Å². The number of nitrogens with two attached hydrogens (primary N) is 1. The first-order chi connectivity index (χ1) is 7.71. The number of benzene rings is 1. The molecule has 0 radical (unpaired) electrons. The topological polar surface area (TPSA) is 49.5 Å². The standard InChI is InChI=1S/C13H22N2O/c1-3-15(4-2)10-11-5-7-12(8-6-11)13(16)9-14/h5-8,13,16H,3-4,9-10,14H2,1-2H3. The first-order valence-corrected chi connectivity index (χ1v) is 5.90. The van der Waals surface area contributed by atoms with Crippen LogP contribution >= 0.6 is 0 Å². The highest BCUT2D eigenvalue weighted by Crippen LogP contribution is 2.13. The highest BCUT2D eigenvalue weighted by atomic mass is 16.3. The Hall–Kier alpha value is -0.900. The van der Waals surface area contributed by atoms with E-state index < -0.39 is 6.10 Å². The maximum Gasteiger partial charge on any atom is 0.0912 e. The molecule has 3 nitrogen and oxygen atoms in total. The summed E-state index contributed by atoms with van der Waals surface area (Å²) in [7, 11) is 0. The van der Waals surface area contributed by atoms with Crippen molar-refractivity contribution >= 4 is 0 Å². The molecule has 0 fully saturated rings. The summed E-state index contributed by atoms with van der Waals surface area (Å²) in [6.07, 6.45) is -0.539. The van der Waals surface area contributed by atoms with Crippen LogP contribution in [0.2, 0.25) is 0 Å². The van der Waals surface area contributed by atoms with E-state index in [2.05, 4.69) is 30.9 Å². The maximum absolute atomic E-state index is 9.56. The predicted molar refractivity (Wildman–Crippen MR) is 67.1 cm³/mol. The zero-order valence-electron chi connectivity index (χ0n) is 10.2. The molecule has 3 N–H and O–H groups in total. The predicted octanol–water partition coefficient (Wildman–Crippen LogP) is 1.52. The number of rotatable bonds is 6. The highest BCUT2D eigenvalue weighted by molar-refractivity contribution is 5.24.